The van der Waals surface area contributed by atoms with Crippen molar-refractivity contribution in [1.82, 2.24) is 0 Å². The molecule has 0 amide bonds. The number of benzene rings is 2. The lowest BCUT2D eigenvalue weighted by atomic mass is 10.1. The second-order valence-electron chi connectivity index (χ2n) is 7.86. The molecule has 0 aliphatic heterocycles. The molecule has 0 spiro atoms. The summed E-state index contributed by atoms with van der Waals surface area (Å²) in [7, 11) is -3.67. The van der Waals surface area contributed by atoms with Crippen LogP contribution in [-0.2, 0) is 19.4 Å². The first-order valence-corrected chi connectivity index (χ1v) is 12.8. The molecule has 0 radical (unpaired) electrons. The number of esters is 1. The molecule has 0 aliphatic carbocycles. The second kappa shape index (κ2) is 13.6. The summed E-state index contributed by atoms with van der Waals surface area (Å²) in [5, 5.41) is 8.59. The molecule has 33 heavy (non-hydrogen) atoms. The number of carboxylic acid groups (broad SMARTS) is 1. The highest BCUT2D eigenvalue weighted by molar-refractivity contribution is 7.91. The van der Waals surface area contributed by atoms with Gasteiger partial charge in [0.25, 0.3) is 0 Å². The number of unbranched alkanes of at least 4 members (excludes halogenated alkanes) is 7. The smallest absolute Gasteiger partial charge is 0.308 e. The van der Waals surface area contributed by atoms with Crippen LogP contribution in [0.2, 0.25) is 0 Å². The minimum atomic E-state index is -3.67. The van der Waals surface area contributed by atoms with E-state index in [9.17, 15) is 18.0 Å². The van der Waals surface area contributed by atoms with Crippen molar-refractivity contribution in [1.29, 1.82) is 0 Å². The Morgan fingerprint density at radius 2 is 1.18 bits per heavy atom. The predicted molar refractivity (Wildman–Crippen MR) is 124 cm³/mol. The van der Waals surface area contributed by atoms with Crippen LogP contribution >= 0.6 is 0 Å². The first-order chi connectivity index (χ1) is 15.8. The van der Waals surface area contributed by atoms with Crippen LogP contribution in [0.5, 0.6) is 11.5 Å². The largest absolute Gasteiger partial charge is 0.494 e. The Balaban J connectivity index is 1.69. The zero-order valence-electron chi connectivity index (χ0n) is 19.0. The third-order valence-corrected chi connectivity index (χ3v) is 6.87. The van der Waals surface area contributed by atoms with Gasteiger partial charge in [0.1, 0.15) is 11.5 Å². The number of hydrogen-bond donors (Lipinski definition) is 1. The minimum absolute atomic E-state index is 0.119. The Labute approximate surface area is 195 Å². The second-order valence-corrected chi connectivity index (χ2v) is 9.81. The van der Waals surface area contributed by atoms with Crippen LogP contribution in [0.15, 0.2) is 58.3 Å². The van der Waals surface area contributed by atoms with Gasteiger partial charge >= 0.3 is 11.9 Å². The number of sulfone groups is 1. The van der Waals surface area contributed by atoms with Crippen molar-refractivity contribution in [3.8, 4) is 11.5 Å². The van der Waals surface area contributed by atoms with Gasteiger partial charge in [0.05, 0.1) is 16.4 Å². The Hall–Kier alpha value is -2.87. The maximum atomic E-state index is 12.8. The maximum Gasteiger partial charge on any atom is 0.308 e. The number of rotatable bonds is 15. The average Bonchev–Trinajstić information content (AvgIpc) is 2.77. The van der Waals surface area contributed by atoms with E-state index < -0.39 is 21.8 Å². The summed E-state index contributed by atoms with van der Waals surface area (Å²) in [5.41, 5.74) is 0. The zero-order chi connectivity index (χ0) is 24.1. The Bertz CT molecular complexity index is 980. The Morgan fingerprint density at radius 1 is 0.727 bits per heavy atom. The number of carbonyl (C=O) groups is 2. The molecule has 2 rings (SSSR count). The lowest BCUT2D eigenvalue weighted by Crippen LogP contribution is -2.04. The Morgan fingerprint density at radius 3 is 1.67 bits per heavy atom. The van der Waals surface area contributed by atoms with E-state index in [0.717, 1.165) is 51.4 Å². The topological polar surface area (TPSA) is 107 Å². The van der Waals surface area contributed by atoms with Crippen LogP contribution in [0.3, 0.4) is 0 Å². The lowest BCUT2D eigenvalue weighted by Gasteiger charge is -2.09. The molecule has 0 aromatic heterocycles. The third-order valence-electron chi connectivity index (χ3n) is 5.08. The van der Waals surface area contributed by atoms with Gasteiger partial charge in [-0.15, -0.1) is 0 Å². The molecule has 7 nitrogen and oxygen atoms in total. The van der Waals surface area contributed by atoms with Gasteiger partial charge in [0.15, 0.2) is 0 Å². The first kappa shape index (κ1) is 26.4. The van der Waals surface area contributed by atoms with E-state index in [2.05, 4.69) is 0 Å². The molecule has 0 atom stereocenters. The van der Waals surface area contributed by atoms with Crippen molar-refractivity contribution in [3.63, 3.8) is 0 Å². The molecule has 0 saturated carbocycles. The van der Waals surface area contributed by atoms with Gasteiger partial charge < -0.3 is 14.6 Å². The fraction of sp³-hybridized carbons (Fsp3) is 0.440. The summed E-state index contributed by atoms with van der Waals surface area (Å²) >= 11 is 0. The van der Waals surface area contributed by atoms with Gasteiger partial charge in [-0.25, -0.2) is 8.42 Å². The van der Waals surface area contributed by atoms with Gasteiger partial charge in [-0.2, -0.15) is 0 Å². The molecule has 0 unspecified atom stereocenters. The lowest BCUT2D eigenvalue weighted by molar-refractivity contribution is -0.137. The molecular weight excluding hydrogens is 444 g/mol. The van der Waals surface area contributed by atoms with Crippen LogP contribution in [0.4, 0.5) is 0 Å². The maximum absolute atomic E-state index is 12.8. The Kier molecular flexibility index (Phi) is 10.9. The number of hydrogen-bond acceptors (Lipinski definition) is 6. The predicted octanol–water partition coefficient (Wildman–Crippen LogP) is 5.42. The van der Waals surface area contributed by atoms with Crippen LogP contribution in [0, 0.1) is 0 Å². The molecule has 2 aromatic carbocycles. The molecular formula is C25H32O7S. The van der Waals surface area contributed by atoms with Crippen molar-refractivity contribution in [2.24, 2.45) is 0 Å². The van der Waals surface area contributed by atoms with Crippen molar-refractivity contribution < 1.29 is 32.6 Å². The molecule has 8 heteroatoms. The molecule has 0 saturated heterocycles. The molecule has 0 fully saturated rings. The fourth-order valence-electron chi connectivity index (χ4n) is 3.33. The summed E-state index contributed by atoms with van der Waals surface area (Å²) in [6.45, 7) is 1.85. The number of carbonyl (C=O) groups excluding carboxylic acids is 1. The average molecular weight is 477 g/mol. The highest BCUT2D eigenvalue weighted by atomic mass is 32.2. The van der Waals surface area contributed by atoms with Gasteiger partial charge in [0.2, 0.25) is 9.84 Å². The quantitative estimate of drug-likeness (QED) is 0.208. The van der Waals surface area contributed by atoms with Crippen LogP contribution in [0.1, 0.15) is 64.7 Å². The van der Waals surface area contributed by atoms with Gasteiger partial charge in [0, 0.05) is 13.3 Å². The van der Waals surface area contributed by atoms with Crippen molar-refractivity contribution in [2.75, 3.05) is 6.61 Å². The van der Waals surface area contributed by atoms with Gasteiger partial charge in [-0.05, 0) is 61.4 Å². The summed E-state index contributed by atoms with van der Waals surface area (Å²) in [5.74, 6) is -0.275. The van der Waals surface area contributed by atoms with E-state index in [1.807, 2.05) is 0 Å². The monoisotopic (exact) mass is 476 g/mol. The van der Waals surface area contributed by atoms with Gasteiger partial charge in [-0.1, -0.05) is 38.5 Å². The molecule has 2 aromatic rings. The SMILES string of the molecule is CC(=O)Oc1ccc(S(=O)(=O)c2ccc(OCCCCCCCCCCC(=O)O)cc2)cc1. The molecule has 180 valence electrons. The third kappa shape index (κ3) is 9.65. The standard InChI is InChI=1S/C25H32O7S/c1-20(26)32-22-13-17-24(18-14-22)33(29,30)23-15-11-21(12-16-23)31-19-9-7-5-3-2-4-6-8-10-25(27)28/h11-18H,2-10,19H2,1H3,(H,27,28). The normalized spacial score (nSPS) is 11.2. The van der Waals surface area contributed by atoms with E-state index in [1.165, 1.54) is 43.3 Å². The first-order valence-electron chi connectivity index (χ1n) is 11.3. The van der Waals surface area contributed by atoms with E-state index in [1.54, 1.807) is 12.1 Å². The van der Waals surface area contributed by atoms with Crippen LogP contribution in [-0.4, -0.2) is 32.1 Å². The van der Waals surface area contributed by atoms with E-state index >= 15 is 0 Å². The van der Waals surface area contributed by atoms with Crippen LogP contribution < -0.4 is 9.47 Å². The summed E-state index contributed by atoms with van der Waals surface area (Å²) in [6.07, 6.45) is 8.44. The minimum Gasteiger partial charge on any atom is -0.494 e. The summed E-state index contributed by atoms with van der Waals surface area (Å²) in [4.78, 5) is 21.7. The van der Waals surface area contributed by atoms with Crippen LogP contribution in [0.25, 0.3) is 0 Å². The summed E-state index contributed by atoms with van der Waals surface area (Å²) in [6, 6.07) is 12.1. The number of ether oxygens (including phenoxy) is 2. The van der Waals surface area contributed by atoms with Crippen molar-refractivity contribution in [3.05, 3.63) is 48.5 Å². The van der Waals surface area contributed by atoms with E-state index in [-0.39, 0.29) is 16.2 Å². The fourth-order valence-corrected chi connectivity index (χ4v) is 4.59. The zero-order valence-corrected chi connectivity index (χ0v) is 19.8. The van der Waals surface area contributed by atoms with Gasteiger partial charge in [-0.3, -0.25) is 9.59 Å². The molecule has 0 aliphatic rings. The van der Waals surface area contributed by atoms with E-state index in [4.69, 9.17) is 14.6 Å². The summed E-state index contributed by atoms with van der Waals surface area (Å²) < 4.78 is 36.2. The highest BCUT2D eigenvalue weighted by Crippen LogP contribution is 2.25. The molecule has 0 bridgehead atoms. The number of carboxylic acids is 1. The van der Waals surface area contributed by atoms with Crippen molar-refractivity contribution >= 4 is 21.8 Å². The van der Waals surface area contributed by atoms with Crippen molar-refractivity contribution in [2.45, 2.75) is 74.5 Å². The molecule has 1 N–H and O–H groups in total. The van der Waals surface area contributed by atoms with E-state index in [0.29, 0.717) is 18.1 Å². The molecule has 0 heterocycles. The highest BCUT2D eigenvalue weighted by Gasteiger charge is 2.18. The number of aliphatic carboxylic acids is 1.